The molecular weight excluding hydrogens is 386 g/mol. The van der Waals surface area contributed by atoms with Crippen molar-refractivity contribution in [1.29, 1.82) is 0 Å². The minimum Gasteiger partial charge on any atom is -0.376 e. The molecule has 6 nitrogen and oxygen atoms in total. The van der Waals surface area contributed by atoms with Crippen LogP contribution >= 0.6 is 0 Å². The van der Waals surface area contributed by atoms with Crippen LogP contribution in [-0.2, 0) is 11.3 Å². The highest BCUT2D eigenvalue weighted by Crippen LogP contribution is 2.18. The van der Waals surface area contributed by atoms with E-state index in [1.807, 2.05) is 6.07 Å². The van der Waals surface area contributed by atoms with Crippen LogP contribution in [0.5, 0.6) is 0 Å². The third kappa shape index (κ3) is 8.09. The molecule has 174 valence electrons. The van der Waals surface area contributed by atoms with E-state index in [-0.39, 0.29) is 0 Å². The summed E-state index contributed by atoms with van der Waals surface area (Å²) < 4.78 is 5.99. The van der Waals surface area contributed by atoms with Crippen molar-refractivity contribution in [2.24, 2.45) is 16.8 Å². The van der Waals surface area contributed by atoms with Crippen molar-refractivity contribution in [3.63, 3.8) is 0 Å². The second-order valence-electron chi connectivity index (χ2n) is 9.14. The normalized spacial score (nSPS) is 22.1. The Morgan fingerprint density at radius 3 is 2.55 bits per heavy atom. The second kappa shape index (κ2) is 13.0. The van der Waals surface area contributed by atoms with Crippen molar-refractivity contribution < 1.29 is 4.74 Å². The highest BCUT2D eigenvalue weighted by Gasteiger charge is 2.25. The summed E-state index contributed by atoms with van der Waals surface area (Å²) in [6.07, 6.45) is 1.18. The maximum absolute atomic E-state index is 5.99. The van der Waals surface area contributed by atoms with Crippen LogP contribution in [0.4, 0.5) is 0 Å². The first-order valence-corrected chi connectivity index (χ1v) is 12.3. The Morgan fingerprint density at radius 2 is 1.84 bits per heavy atom. The van der Waals surface area contributed by atoms with Crippen LogP contribution in [0.3, 0.4) is 0 Å². The molecule has 0 aliphatic carbocycles. The van der Waals surface area contributed by atoms with Crippen LogP contribution < -0.4 is 5.32 Å². The van der Waals surface area contributed by atoms with Crippen molar-refractivity contribution in [3.8, 4) is 0 Å². The summed E-state index contributed by atoms with van der Waals surface area (Å²) in [6.45, 7) is 19.3. The molecule has 6 heteroatoms. The van der Waals surface area contributed by atoms with Crippen molar-refractivity contribution in [1.82, 2.24) is 20.0 Å². The van der Waals surface area contributed by atoms with Gasteiger partial charge < -0.3 is 24.8 Å². The van der Waals surface area contributed by atoms with Gasteiger partial charge in [-0.05, 0) is 31.4 Å². The van der Waals surface area contributed by atoms with Crippen LogP contribution in [0.15, 0.2) is 35.3 Å². The maximum atomic E-state index is 5.99. The summed E-state index contributed by atoms with van der Waals surface area (Å²) in [7, 11) is 0. The Hall–Kier alpha value is -1.63. The van der Waals surface area contributed by atoms with E-state index in [1.54, 1.807) is 0 Å². The molecular formula is C25H43N5O. The predicted octanol–water partition coefficient (Wildman–Crippen LogP) is 2.76. The molecule has 3 rings (SSSR count). The van der Waals surface area contributed by atoms with Crippen molar-refractivity contribution in [3.05, 3.63) is 35.9 Å². The second-order valence-corrected chi connectivity index (χ2v) is 9.14. The Balaban J connectivity index is 1.40. The summed E-state index contributed by atoms with van der Waals surface area (Å²) in [4.78, 5) is 12.6. The van der Waals surface area contributed by atoms with Crippen molar-refractivity contribution in [2.75, 3.05) is 72.1 Å². The number of benzene rings is 1. The van der Waals surface area contributed by atoms with E-state index >= 15 is 0 Å². The molecule has 31 heavy (non-hydrogen) atoms. The topological polar surface area (TPSA) is 43.3 Å². The van der Waals surface area contributed by atoms with Gasteiger partial charge in [0, 0.05) is 64.8 Å². The number of likely N-dealkylation sites (tertiary alicyclic amines) is 1. The van der Waals surface area contributed by atoms with E-state index in [0.717, 1.165) is 45.3 Å². The molecule has 0 amide bonds. The van der Waals surface area contributed by atoms with Crippen LogP contribution in [0.2, 0.25) is 0 Å². The number of guanidine groups is 1. The molecule has 1 aromatic carbocycles. The first-order valence-electron chi connectivity index (χ1n) is 12.3. The SMILES string of the molecule is CCNC(=NCC(C)CN1CCN(CC)CC1)N1CCC(COCc2ccccc2)C1. The van der Waals surface area contributed by atoms with Gasteiger partial charge in [0.2, 0.25) is 0 Å². The summed E-state index contributed by atoms with van der Waals surface area (Å²) in [5.41, 5.74) is 1.25. The molecule has 0 bridgehead atoms. The molecule has 0 aromatic heterocycles. The molecule has 0 spiro atoms. The Morgan fingerprint density at radius 1 is 1.10 bits per heavy atom. The molecule has 2 atom stereocenters. The number of hydrogen-bond donors (Lipinski definition) is 1. The smallest absolute Gasteiger partial charge is 0.193 e. The lowest BCUT2D eigenvalue weighted by atomic mass is 10.1. The van der Waals surface area contributed by atoms with Crippen LogP contribution in [0, 0.1) is 11.8 Å². The van der Waals surface area contributed by atoms with Gasteiger partial charge in [0.1, 0.15) is 0 Å². The number of hydrogen-bond acceptors (Lipinski definition) is 4. The summed E-state index contributed by atoms with van der Waals surface area (Å²) in [5, 5.41) is 3.51. The van der Waals surface area contributed by atoms with Gasteiger partial charge in [0.15, 0.2) is 5.96 Å². The molecule has 1 N–H and O–H groups in total. The Bertz CT molecular complexity index is 645. The molecule has 1 aromatic rings. The fourth-order valence-electron chi connectivity index (χ4n) is 4.53. The van der Waals surface area contributed by atoms with Gasteiger partial charge in [-0.2, -0.15) is 0 Å². The minimum atomic E-state index is 0.578. The molecule has 2 saturated heterocycles. The minimum absolute atomic E-state index is 0.578. The summed E-state index contributed by atoms with van der Waals surface area (Å²) in [6, 6.07) is 10.4. The number of nitrogens with zero attached hydrogens (tertiary/aromatic N) is 4. The number of rotatable bonds is 10. The zero-order valence-corrected chi connectivity index (χ0v) is 19.9. The molecule has 0 radical (unpaired) electrons. The monoisotopic (exact) mass is 429 g/mol. The van der Waals surface area contributed by atoms with E-state index in [2.05, 4.69) is 65.1 Å². The Labute approximate surface area is 189 Å². The standard InChI is InChI=1S/C25H43N5O/c1-4-26-25(27-17-22(3)18-29-15-13-28(5-2)14-16-29)30-12-11-24(19-30)21-31-20-23-9-7-6-8-10-23/h6-10,22,24H,4-5,11-21H2,1-3H3,(H,26,27). The van der Waals surface area contributed by atoms with E-state index < -0.39 is 0 Å². The first-order chi connectivity index (χ1) is 15.2. The lowest BCUT2D eigenvalue weighted by Gasteiger charge is -2.35. The number of piperazine rings is 1. The third-order valence-corrected chi connectivity index (χ3v) is 6.42. The number of aliphatic imine (C=N–C) groups is 1. The van der Waals surface area contributed by atoms with E-state index in [9.17, 15) is 0 Å². The molecule has 2 unspecified atom stereocenters. The van der Waals surface area contributed by atoms with Crippen molar-refractivity contribution >= 4 is 5.96 Å². The van der Waals surface area contributed by atoms with Crippen LogP contribution in [0.1, 0.15) is 32.8 Å². The highest BCUT2D eigenvalue weighted by atomic mass is 16.5. The molecule has 2 aliphatic heterocycles. The van der Waals surface area contributed by atoms with Gasteiger partial charge in [0.05, 0.1) is 13.2 Å². The summed E-state index contributed by atoms with van der Waals surface area (Å²) >= 11 is 0. The molecule has 0 saturated carbocycles. The van der Waals surface area contributed by atoms with Gasteiger partial charge >= 0.3 is 0 Å². The number of nitrogens with one attached hydrogen (secondary N) is 1. The van der Waals surface area contributed by atoms with Crippen molar-refractivity contribution in [2.45, 2.75) is 33.8 Å². The zero-order valence-electron chi connectivity index (χ0n) is 19.9. The number of likely N-dealkylation sites (N-methyl/N-ethyl adjacent to an activating group) is 1. The average molecular weight is 430 g/mol. The van der Waals surface area contributed by atoms with Crippen LogP contribution in [0.25, 0.3) is 0 Å². The van der Waals surface area contributed by atoms with Gasteiger partial charge in [-0.15, -0.1) is 0 Å². The highest BCUT2D eigenvalue weighted by molar-refractivity contribution is 5.80. The van der Waals surface area contributed by atoms with Gasteiger partial charge in [-0.3, -0.25) is 4.99 Å². The maximum Gasteiger partial charge on any atom is 0.193 e. The summed E-state index contributed by atoms with van der Waals surface area (Å²) in [5.74, 6) is 2.24. The van der Waals surface area contributed by atoms with Gasteiger partial charge in [0.25, 0.3) is 0 Å². The van der Waals surface area contributed by atoms with E-state index in [0.29, 0.717) is 18.4 Å². The number of ether oxygens (including phenoxy) is 1. The molecule has 2 aliphatic rings. The first kappa shape index (κ1) is 24.0. The average Bonchev–Trinajstić information content (AvgIpc) is 3.26. The van der Waals surface area contributed by atoms with E-state index in [1.165, 1.54) is 44.7 Å². The third-order valence-electron chi connectivity index (χ3n) is 6.42. The van der Waals surface area contributed by atoms with Gasteiger partial charge in [-0.25, -0.2) is 0 Å². The lowest BCUT2D eigenvalue weighted by Crippen LogP contribution is -2.47. The van der Waals surface area contributed by atoms with Crippen LogP contribution in [-0.4, -0.2) is 92.7 Å². The fourth-order valence-corrected chi connectivity index (χ4v) is 4.53. The Kier molecular flexibility index (Phi) is 10.1. The molecule has 2 fully saturated rings. The largest absolute Gasteiger partial charge is 0.376 e. The predicted molar refractivity (Wildman–Crippen MR) is 129 cm³/mol. The zero-order chi connectivity index (χ0) is 21.9. The quantitative estimate of drug-likeness (QED) is 0.458. The lowest BCUT2D eigenvalue weighted by molar-refractivity contribution is 0.0906. The molecule has 2 heterocycles. The van der Waals surface area contributed by atoms with Gasteiger partial charge in [-0.1, -0.05) is 44.2 Å². The van der Waals surface area contributed by atoms with E-state index in [4.69, 9.17) is 9.73 Å². The fraction of sp³-hybridized carbons (Fsp3) is 0.720.